The summed E-state index contributed by atoms with van der Waals surface area (Å²) in [4.78, 5) is 18.9. The largest absolute Gasteiger partial charge is 0.504 e. The Morgan fingerprint density at radius 3 is 2.24 bits per heavy atom. The lowest BCUT2D eigenvalue weighted by Crippen LogP contribution is -2.40. The molecule has 0 radical (unpaired) electrons. The van der Waals surface area contributed by atoms with Crippen LogP contribution in [0.25, 0.3) is 22.3 Å². The maximum atomic E-state index is 14.0. The van der Waals surface area contributed by atoms with E-state index in [1.807, 2.05) is 77.8 Å². The predicted molar refractivity (Wildman–Crippen MR) is 137 cm³/mol. The highest BCUT2D eigenvalue weighted by Crippen LogP contribution is 2.29. The Bertz CT molecular complexity index is 1540. The van der Waals surface area contributed by atoms with Gasteiger partial charge in [0.15, 0.2) is 17.3 Å². The molecule has 7 heteroatoms. The minimum Gasteiger partial charge on any atom is -0.504 e. The lowest BCUT2D eigenvalue weighted by atomic mass is 10.1. The maximum Gasteiger partial charge on any atom is 0.280 e. The molecule has 0 saturated carbocycles. The first-order chi connectivity index (χ1) is 16.5. The van der Waals surface area contributed by atoms with E-state index in [2.05, 4.69) is 15.9 Å². The Balaban J connectivity index is 1.81. The molecule has 0 aliphatic rings. The zero-order chi connectivity index (χ0) is 23.7. The van der Waals surface area contributed by atoms with E-state index in [1.165, 1.54) is 12.1 Å². The number of fused-ring (bicyclic) bond motifs is 1. The molecule has 1 heterocycles. The second kappa shape index (κ2) is 9.03. The van der Waals surface area contributed by atoms with Gasteiger partial charge in [-0.25, -0.2) is 4.98 Å². The Morgan fingerprint density at radius 2 is 1.53 bits per heavy atom. The van der Waals surface area contributed by atoms with E-state index in [0.717, 1.165) is 15.7 Å². The summed E-state index contributed by atoms with van der Waals surface area (Å²) in [6.07, 6.45) is 0. The smallest absolute Gasteiger partial charge is 0.280 e. The Labute approximate surface area is 204 Å². The monoisotopic (exact) mass is 513 g/mol. The van der Waals surface area contributed by atoms with Crippen LogP contribution in [0.1, 0.15) is 5.56 Å². The number of anilines is 1. The van der Waals surface area contributed by atoms with Crippen molar-refractivity contribution in [2.45, 2.75) is 6.54 Å². The molecule has 6 nitrogen and oxygen atoms in total. The van der Waals surface area contributed by atoms with E-state index in [1.54, 1.807) is 16.8 Å². The van der Waals surface area contributed by atoms with Crippen LogP contribution in [0.15, 0.2) is 106 Å². The summed E-state index contributed by atoms with van der Waals surface area (Å²) in [5.74, 6) is 0.0629. The van der Waals surface area contributed by atoms with E-state index >= 15 is 0 Å². The normalized spacial score (nSPS) is 11.0. The Hall–Kier alpha value is -4.10. The molecule has 2 N–H and O–H groups in total. The average molecular weight is 514 g/mol. The van der Waals surface area contributed by atoms with Crippen molar-refractivity contribution >= 4 is 32.5 Å². The number of benzene rings is 4. The number of nitrogens with zero attached hydrogens (tertiary/aromatic N) is 3. The van der Waals surface area contributed by atoms with Crippen LogP contribution in [0.3, 0.4) is 0 Å². The number of aromatic nitrogens is 2. The van der Waals surface area contributed by atoms with Gasteiger partial charge in [-0.15, -0.1) is 0 Å². The van der Waals surface area contributed by atoms with E-state index in [0.29, 0.717) is 22.3 Å². The minimum absolute atomic E-state index is 0.200. The number of halogens is 1. The van der Waals surface area contributed by atoms with Crippen LogP contribution < -0.4 is 10.6 Å². The molecule has 0 unspecified atom stereocenters. The number of aromatic hydroxyl groups is 2. The van der Waals surface area contributed by atoms with Crippen LogP contribution in [-0.2, 0) is 6.54 Å². The van der Waals surface area contributed by atoms with Crippen molar-refractivity contribution in [1.82, 2.24) is 9.66 Å². The summed E-state index contributed by atoms with van der Waals surface area (Å²) in [5.41, 5.74) is 2.62. The number of hydrogen-bond acceptors (Lipinski definition) is 5. The molecule has 0 bridgehead atoms. The van der Waals surface area contributed by atoms with Gasteiger partial charge in [0.1, 0.15) is 0 Å². The molecule has 168 valence electrons. The van der Waals surface area contributed by atoms with Crippen molar-refractivity contribution in [3.8, 4) is 22.9 Å². The minimum atomic E-state index is -0.225. The fourth-order valence-corrected chi connectivity index (χ4v) is 4.34. The molecular formula is C27H20BrN3O3. The molecule has 5 aromatic rings. The summed E-state index contributed by atoms with van der Waals surface area (Å²) in [6, 6.07) is 29.1. The van der Waals surface area contributed by atoms with Gasteiger partial charge >= 0.3 is 0 Å². The van der Waals surface area contributed by atoms with Crippen molar-refractivity contribution in [3.63, 3.8) is 0 Å². The third-order valence-corrected chi connectivity index (χ3v) is 6.17. The van der Waals surface area contributed by atoms with Gasteiger partial charge < -0.3 is 10.2 Å². The second-order valence-electron chi connectivity index (χ2n) is 7.77. The quantitative estimate of drug-likeness (QED) is 0.294. The molecule has 4 aromatic carbocycles. The molecule has 0 atom stereocenters. The third kappa shape index (κ3) is 4.02. The van der Waals surface area contributed by atoms with Crippen LogP contribution in [-0.4, -0.2) is 19.9 Å². The molecule has 0 spiro atoms. The second-order valence-corrected chi connectivity index (χ2v) is 8.62. The first-order valence-corrected chi connectivity index (χ1v) is 11.4. The van der Waals surface area contributed by atoms with Gasteiger partial charge in [-0.3, -0.25) is 9.80 Å². The SMILES string of the molecule is O=c1c2cccc(Br)c2nc(-c2ccccc2)n1N(Cc1ccc(O)c(O)c1)c1ccccc1. The zero-order valence-corrected chi connectivity index (χ0v) is 19.6. The van der Waals surface area contributed by atoms with Crippen molar-refractivity contribution < 1.29 is 10.2 Å². The van der Waals surface area contributed by atoms with Crippen LogP contribution in [0.4, 0.5) is 5.69 Å². The van der Waals surface area contributed by atoms with E-state index < -0.39 is 0 Å². The summed E-state index contributed by atoms with van der Waals surface area (Å²) in [6.45, 7) is 0.249. The van der Waals surface area contributed by atoms with E-state index in [4.69, 9.17) is 4.98 Å². The first kappa shape index (κ1) is 21.7. The molecular weight excluding hydrogens is 494 g/mol. The highest BCUT2D eigenvalue weighted by molar-refractivity contribution is 9.10. The van der Waals surface area contributed by atoms with Crippen LogP contribution in [0.5, 0.6) is 11.5 Å². The van der Waals surface area contributed by atoms with Gasteiger partial charge in [0.2, 0.25) is 0 Å². The van der Waals surface area contributed by atoms with Crippen LogP contribution >= 0.6 is 15.9 Å². The van der Waals surface area contributed by atoms with E-state index in [-0.39, 0.29) is 23.6 Å². The van der Waals surface area contributed by atoms with Crippen molar-refractivity contribution in [3.05, 3.63) is 117 Å². The molecule has 34 heavy (non-hydrogen) atoms. The summed E-state index contributed by atoms with van der Waals surface area (Å²) < 4.78 is 2.31. The molecule has 0 fully saturated rings. The molecule has 0 aliphatic heterocycles. The van der Waals surface area contributed by atoms with Gasteiger partial charge in [-0.1, -0.05) is 60.7 Å². The molecule has 1 aromatic heterocycles. The van der Waals surface area contributed by atoms with Gasteiger partial charge in [0, 0.05) is 10.0 Å². The van der Waals surface area contributed by atoms with Crippen molar-refractivity contribution in [1.29, 1.82) is 0 Å². The molecule has 0 saturated heterocycles. The van der Waals surface area contributed by atoms with Crippen LogP contribution in [0, 0.1) is 0 Å². The van der Waals surface area contributed by atoms with Crippen molar-refractivity contribution in [2.75, 3.05) is 5.01 Å². The van der Waals surface area contributed by atoms with E-state index in [9.17, 15) is 15.0 Å². The van der Waals surface area contributed by atoms with Gasteiger partial charge in [-0.2, -0.15) is 4.68 Å². The summed E-state index contributed by atoms with van der Waals surface area (Å²) in [5, 5.41) is 22.1. The predicted octanol–water partition coefficient (Wildman–Crippen LogP) is 5.71. The third-order valence-electron chi connectivity index (χ3n) is 5.53. The van der Waals surface area contributed by atoms with Crippen molar-refractivity contribution in [2.24, 2.45) is 0 Å². The Morgan fingerprint density at radius 1 is 0.824 bits per heavy atom. The number of phenols is 2. The highest BCUT2D eigenvalue weighted by Gasteiger charge is 2.21. The number of hydrogen-bond donors (Lipinski definition) is 2. The maximum absolute atomic E-state index is 14.0. The number of phenolic OH excluding ortho intramolecular Hbond substituents is 2. The topological polar surface area (TPSA) is 78.6 Å². The fraction of sp³-hybridized carbons (Fsp3) is 0.0370. The fourth-order valence-electron chi connectivity index (χ4n) is 3.88. The lowest BCUT2D eigenvalue weighted by Gasteiger charge is -2.29. The highest BCUT2D eigenvalue weighted by atomic mass is 79.9. The first-order valence-electron chi connectivity index (χ1n) is 10.6. The molecule has 0 amide bonds. The standard InChI is InChI=1S/C27H20BrN3O3/c28-22-13-7-12-21-25(22)29-26(19-8-3-1-4-9-19)31(27(21)34)30(20-10-5-2-6-11-20)17-18-14-15-23(32)24(33)16-18/h1-16,32-33H,17H2. The molecule has 0 aliphatic carbocycles. The summed E-state index contributed by atoms with van der Waals surface area (Å²) >= 11 is 3.54. The van der Waals surface area contributed by atoms with Crippen LogP contribution in [0.2, 0.25) is 0 Å². The zero-order valence-electron chi connectivity index (χ0n) is 18.0. The van der Waals surface area contributed by atoms with Gasteiger partial charge in [-0.05, 0) is 57.9 Å². The van der Waals surface area contributed by atoms with Gasteiger partial charge in [0.05, 0.1) is 23.1 Å². The Kier molecular flexibility index (Phi) is 5.77. The average Bonchev–Trinajstić information content (AvgIpc) is 2.86. The van der Waals surface area contributed by atoms with Gasteiger partial charge in [0.25, 0.3) is 5.56 Å². The number of para-hydroxylation sites is 2. The number of rotatable bonds is 5. The molecule has 5 rings (SSSR count). The lowest BCUT2D eigenvalue weighted by molar-refractivity contribution is 0.403. The summed E-state index contributed by atoms with van der Waals surface area (Å²) in [7, 11) is 0.